The molecule has 0 bridgehead atoms. The summed E-state index contributed by atoms with van der Waals surface area (Å²) in [5, 5.41) is 5.88. The van der Waals surface area contributed by atoms with Crippen molar-refractivity contribution in [1.82, 2.24) is 5.32 Å². The predicted molar refractivity (Wildman–Crippen MR) is 164 cm³/mol. The highest BCUT2D eigenvalue weighted by molar-refractivity contribution is 5.97. The number of unbranched alkanes of at least 4 members (excludes halogenated alkanes) is 18. The summed E-state index contributed by atoms with van der Waals surface area (Å²) in [5.74, 6) is -0.0979. The molecule has 1 unspecified atom stereocenters. The molecule has 5 nitrogen and oxygen atoms in total. The molecule has 2 amide bonds. The minimum absolute atomic E-state index is 0.0267. The second-order valence-corrected chi connectivity index (χ2v) is 11.6. The third-order valence-corrected chi connectivity index (χ3v) is 7.93. The van der Waals surface area contributed by atoms with Crippen LogP contribution in [-0.2, 0) is 9.53 Å². The van der Waals surface area contributed by atoms with Crippen LogP contribution in [0, 0.1) is 0 Å². The molecule has 1 aliphatic heterocycles. The molecule has 1 saturated heterocycles. The number of carbonyl (C=O) groups is 2. The van der Waals surface area contributed by atoms with Crippen LogP contribution in [0.2, 0.25) is 0 Å². The fraction of sp³-hybridized carbons (Fsp3) is 0.765. The number of nitrogens with one attached hydrogen (secondary N) is 2. The van der Waals surface area contributed by atoms with Crippen molar-refractivity contribution >= 4 is 17.5 Å². The van der Waals surface area contributed by atoms with Crippen LogP contribution in [0.15, 0.2) is 24.3 Å². The highest BCUT2D eigenvalue weighted by atomic mass is 16.5. The molecule has 2 rings (SSSR count). The maximum atomic E-state index is 12.4. The second kappa shape index (κ2) is 22.9. The van der Waals surface area contributed by atoms with Gasteiger partial charge in [-0.1, -0.05) is 129 Å². The highest BCUT2D eigenvalue weighted by Crippen LogP contribution is 2.16. The van der Waals surface area contributed by atoms with Gasteiger partial charge in [0.25, 0.3) is 5.91 Å². The van der Waals surface area contributed by atoms with Gasteiger partial charge in [0.1, 0.15) is 0 Å². The normalized spacial score (nSPS) is 14.9. The van der Waals surface area contributed by atoms with Gasteiger partial charge >= 0.3 is 0 Å². The number of hydrogen-bond donors (Lipinski definition) is 2. The summed E-state index contributed by atoms with van der Waals surface area (Å²) in [6, 6.07) is 7.18. The van der Waals surface area contributed by atoms with Crippen LogP contribution in [0.5, 0.6) is 0 Å². The van der Waals surface area contributed by atoms with Gasteiger partial charge in [-0.2, -0.15) is 0 Å². The predicted octanol–water partition coefficient (Wildman–Crippen LogP) is 9.36. The van der Waals surface area contributed by atoms with E-state index in [9.17, 15) is 9.59 Å². The van der Waals surface area contributed by atoms with Crippen LogP contribution in [0.4, 0.5) is 5.69 Å². The van der Waals surface area contributed by atoms with Crippen molar-refractivity contribution in [2.75, 3.05) is 18.5 Å². The van der Waals surface area contributed by atoms with Gasteiger partial charge in [0.15, 0.2) is 0 Å². The fourth-order valence-electron chi connectivity index (χ4n) is 5.44. The Morgan fingerprint density at radius 1 is 0.769 bits per heavy atom. The Bertz CT molecular complexity index is 761. The Hall–Kier alpha value is -1.88. The minimum Gasteiger partial charge on any atom is -0.376 e. The van der Waals surface area contributed by atoms with Crippen LogP contribution in [0.3, 0.4) is 0 Å². The molecule has 2 N–H and O–H groups in total. The van der Waals surface area contributed by atoms with E-state index in [0.29, 0.717) is 24.2 Å². The molecule has 0 radical (unpaired) electrons. The zero-order chi connectivity index (χ0) is 27.8. The molecule has 39 heavy (non-hydrogen) atoms. The molecule has 1 heterocycles. The smallest absolute Gasteiger partial charge is 0.251 e. The number of rotatable bonds is 24. The van der Waals surface area contributed by atoms with Gasteiger partial charge in [-0.15, -0.1) is 0 Å². The topological polar surface area (TPSA) is 67.4 Å². The van der Waals surface area contributed by atoms with Crippen LogP contribution in [0.25, 0.3) is 0 Å². The first-order valence-electron chi connectivity index (χ1n) is 16.5. The highest BCUT2D eigenvalue weighted by Gasteiger charge is 2.17. The van der Waals surface area contributed by atoms with E-state index < -0.39 is 0 Å². The van der Waals surface area contributed by atoms with Crippen LogP contribution in [-0.4, -0.2) is 31.1 Å². The first kappa shape index (κ1) is 33.3. The lowest BCUT2D eigenvalue weighted by Gasteiger charge is -2.11. The van der Waals surface area contributed by atoms with Crippen molar-refractivity contribution in [2.45, 2.75) is 154 Å². The lowest BCUT2D eigenvalue weighted by Crippen LogP contribution is -2.31. The van der Waals surface area contributed by atoms with Crippen molar-refractivity contribution in [2.24, 2.45) is 0 Å². The van der Waals surface area contributed by atoms with Crippen molar-refractivity contribution in [1.29, 1.82) is 0 Å². The maximum absolute atomic E-state index is 12.4. The van der Waals surface area contributed by atoms with E-state index in [4.69, 9.17) is 4.74 Å². The van der Waals surface area contributed by atoms with E-state index in [2.05, 4.69) is 17.6 Å². The van der Waals surface area contributed by atoms with Gasteiger partial charge in [0, 0.05) is 30.8 Å². The van der Waals surface area contributed by atoms with E-state index in [-0.39, 0.29) is 17.9 Å². The summed E-state index contributed by atoms with van der Waals surface area (Å²) < 4.78 is 5.56. The third-order valence-electron chi connectivity index (χ3n) is 7.93. The van der Waals surface area contributed by atoms with E-state index in [1.807, 2.05) is 12.1 Å². The largest absolute Gasteiger partial charge is 0.376 e. The Balaban J connectivity index is 1.37. The number of carbonyl (C=O) groups excluding carboxylic acids is 2. The average Bonchev–Trinajstić information content (AvgIpc) is 3.47. The van der Waals surface area contributed by atoms with Crippen molar-refractivity contribution in [3.8, 4) is 0 Å². The molecule has 1 aromatic rings. The molecule has 1 aliphatic rings. The molecular formula is C34H58N2O3. The molecule has 1 fully saturated rings. The van der Waals surface area contributed by atoms with E-state index in [1.165, 1.54) is 109 Å². The van der Waals surface area contributed by atoms with Crippen LogP contribution < -0.4 is 10.6 Å². The number of amides is 2. The minimum atomic E-state index is -0.125. The summed E-state index contributed by atoms with van der Waals surface area (Å²) in [6.07, 6.45) is 28.4. The third kappa shape index (κ3) is 17.4. The van der Waals surface area contributed by atoms with Gasteiger partial charge in [-0.25, -0.2) is 0 Å². The molecule has 5 heteroatoms. The van der Waals surface area contributed by atoms with Gasteiger partial charge in [-0.05, 0) is 37.5 Å². The van der Waals surface area contributed by atoms with Gasteiger partial charge < -0.3 is 15.4 Å². The molecule has 0 saturated carbocycles. The molecular weight excluding hydrogens is 484 g/mol. The van der Waals surface area contributed by atoms with Crippen LogP contribution >= 0.6 is 0 Å². The monoisotopic (exact) mass is 542 g/mol. The summed E-state index contributed by atoms with van der Waals surface area (Å²) in [6.45, 7) is 3.60. The molecule has 0 aliphatic carbocycles. The van der Waals surface area contributed by atoms with Gasteiger partial charge in [0.2, 0.25) is 5.91 Å². The van der Waals surface area contributed by atoms with E-state index >= 15 is 0 Å². The Kier molecular flexibility index (Phi) is 19.6. The summed E-state index contributed by atoms with van der Waals surface area (Å²) in [7, 11) is 0. The molecule has 0 aromatic heterocycles. The molecule has 1 aromatic carbocycles. The van der Waals surface area contributed by atoms with Crippen molar-refractivity contribution < 1.29 is 14.3 Å². The van der Waals surface area contributed by atoms with Gasteiger partial charge in [-0.3, -0.25) is 9.59 Å². The lowest BCUT2D eigenvalue weighted by molar-refractivity contribution is -0.116. The van der Waals surface area contributed by atoms with Gasteiger partial charge in [0.05, 0.1) is 6.10 Å². The standard InChI is InChI=1S/C34H58N2O3/c1-2-3-4-5-6-7-8-9-10-11-12-13-14-15-16-17-18-19-20-26-33(37)36-31-24-21-23-30(28-31)34(38)35-29-32-25-22-27-39-32/h21,23-24,28,32H,2-20,22,25-27,29H2,1H3,(H,35,38)(H,36,37). The van der Waals surface area contributed by atoms with Crippen LogP contribution in [0.1, 0.15) is 159 Å². The fourth-order valence-corrected chi connectivity index (χ4v) is 5.44. The zero-order valence-electron chi connectivity index (χ0n) is 25.1. The van der Waals surface area contributed by atoms with E-state index in [0.717, 1.165) is 32.3 Å². The quantitative estimate of drug-likeness (QED) is 0.128. The number of benzene rings is 1. The summed E-state index contributed by atoms with van der Waals surface area (Å²) >= 11 is 0. The Labute approximate surface area is 239 Å². The lowest BCUT2D eigenvalue weighted by atomic mass is 10.0. The first-order chi connectivity index (χ1) is 19.2. The summed E-state index contributed by atoms with van der Waals surface area (Å²) in [5.41, 5.74) is 1.25. The molecule has 0 spiro atoms. The Morgan fingerprint density at radius 2 is 1.31 bits per heavy atom. The number of anilines is 1. The number of hydrogen-bond acceptors (Lipinski definition) is 3. The Morgan fingerprint density at radius 3 is 1.82 bits per heavy atom. The molecule has 222 valence electrons. The van der Waals surface area contributed by atoms with Crippen molar-refractivity contribution in [3.63, 3.8) is 0 Å². The van der Waals surface area contributed by atoms with E-state index in [1.54, 1.807) is 12.1 Å². The number of ether oxygens (including phenoxy) is 1. The average molecular weight is 543 g/mol. The summed E-state index contributed by atoms with van der Waals surface area (Å²) in [4.78, 5) is 24.8. The zero-order valence-corrected chi connectivity index (χ0v) is 25.1. The first-order valence-corrected chi connectivity index (χ1v) is 16.5. The SMILES string of the molecule is CCCCCCCCCCCCCCCCCCCCCC(=O)Nc1cccc(C(=O)NCC2CCCO2)c1. The maximum Gasteiger partial charge on any atom is 0.251 e. The second-order valence-electron chi connectivity index (χ2n) is 11.6. The molecule has 1 atom stereocenters. The van der Waals surface area contributed by atoms with Crippen molar-refractivity contribution in [3.05, 3.63) is 29.8 Å².